The highest BCUT2D eigenvalue weighted by Gasteiger charge is 2.60. The van der Waals surface area contributed by atoms with E-state index >= 15 is 0 Å². The molecule has 1 N–H and O–H groups in total. The van der Waals surface area contributed by atoms with Crippen molar-refractivity contribution in [1.82, 2.24) is 0 Å². The molecule has 120 valence electrons. The number of phenols is 1. The van der Waals surface area contributed by atoms with Gasteiger partial charge >= 0.3 is 0 Å². The molecule has 1 heteroatoms. The summed E-state index contributed by atoms with van der Waals surface area (Å²) in [5.41, 5.74) is 4.21. The van der Waals surface area contributed by atoms with Crippen molar-refractivity contribution in [3.63, 3.8) is 0 Å². The summed E-state index contributed by atoms with van der Waals surface area (Å²) in [6.07, 6.45) is 8.03. The minimum absolute atomic E-state index is 0.321. The Kier molecular flexibility index (Phi) is 2.86. The first-order chi connectivity index (χ1) is 10.3. The van der Waals surface area contributed by atoms with Crippen molar-refractivity contribution >= 4 is 0 Å². The third kappa shape index (κ3) is 1.71. The second-order valence-corrected chi connectivity index (χ2v) is 9.45. The highest BCUT2D eigenvalue weighted by Crippen LogP contribution is 2.67. The number of phenolic OH excluding ortho intramolecular Hbond substituents is 1. The van der Waals surface area contributed by atoms with Gasteiger partial charge in [-0.05, 0) is 83.4 Å². The van der Waals surface area contributed by atoms with Gasteiger partial charge < -0.3 is 5.11 Å². The van der Waals surface area contributed by atoms with E-state index in [1.165, 1.54) is 49.7 Å². The Hall–Kier alpha value is -0.980. The first-order valence-electron chi connectivity index (χ1n) is 9.10. The average molecular weight is 298 g/mol. The Morgan fingerprint density at radius 1 is 1.00 bits per heavy atom. The van der Waals surface area contributed by atoms with Crippen molar-refractivity contribution in [3.05, 3.63) is 29.3 Å². The summed E-state index contributed by atoms with van der Waals surface area (Å²) in [6, 6.07) is 6.14. The van der Waals surface area contributed by atoms with E-state index in [0.29, 0.717) is 22.0 Å². The van der Waals surface area contributed by atoms with Gasteiger partial charge in [-0.15, -0.1) is 0 Å². The lowest BCUT2D eigenvalue weighted by Crippen LogP contribution is -2.55. The standard InChI is InChI=1S/C21H30O/c1-19(2)9-5-10-21(4)17(19)8-11-20(3)16-7-6-15(22)12-14(16)13-18(20)21/h6-7,12,17-18,22H,5,8-11,13H2,1-4H3/t17-,18?,20+,21?/m0/s1. The number of hydrogen-bond acceptors (Lipinski definition) is 1. The summed E-state index contributed by atoms with van der Waals surface area (Å²) in [5.74, 6) is 2.04. The van der Waals surface area contributed by atoms with Crippen LogP contribution >= 0.6 is 0 Å². The summed E-state index contributed by atoms with van der Waals surface area (Å²) in [6.45, 7) is 10.1. The molecule has 0 aromatic heterocycles. The molecule has 2 fully saturated rings. The fourth-order valence-electron chi connectivity index (χ4n) is 6.96. The number of aromatic hydroxyl groups is 1. The maximum atomic E-state index is 9.89. The van der Waals surface area contributed by atoms with Gasteiger partial charge in [-0.2, -0.15) is 0 Å². The Morgan fingerprint density at radius 2 is 1.77 bits per heavy atom. The monoisotopic (exact) mass is 298 g/mol. The molecule has 1 aromatic rings. The largest absolute Gasteiger partial charge is 0.508 e. The molecule has 3 aliphatic carbocycles. The molecule has 22 heavy (non-hydrogen) atoms. The van der Waals surface area contributed by atoms with E-state index in [0.717, 1.165) is 11.8 Å². The first kappa shape index (κ1) is 14.6. The van der Waals surface area contributed by atoms with Gasteiger partial charge in [-0.3, -0.25) is 0 Å². The summed E-state index contributed by atoms with van der Waals surface area (Å²) in [4.78, 5) is 0. The van der Waals surface area contributed by atoms with Gasteiger partial charge in [0.05, 0.1) is 0 Å². The zero-order chi connectivity index (χ0) is 15.8. The normalized spacial score (nSPS) is 42.4. The molecule has 0 heterocycles. The summed E-state index contributed by atoms with van der Waals surface area (Å²) < 4.78 is 0. The quantitative estimate of drug-likeness (QED) is 0.675. The number of rotatable bonds is 0. The second-order valence-electron chi connectivity index (χ2n) is 9.45. The zero-order valence-corrected chi connectivity index (χ0v) is 14.6. The molecule has 2 unspecified atom stereocenters. The van der Waals surface area contributed by atoms with Gasteiger partial charge in [-0.25, -0.2) is 0 Å². The van der Waals surface area contributed by atoms with Crippen LogP contribution in [0.15, 0.2) is 18.2 Å². The molecule has 4 atom stereocenters. The second kappa shape index (κ2) is 4.30. The van der Waals surface area contributed by atoms with E-state index in [-0.39, 0.29) is 0 Å². The Morgan fingerprint density at radius 3 is 2.55 bits per heavy atom. The number of benzene rings is 1. The zero-order valence-electron chi connectivity index (χ0n) is 14.6. The molecule has 2 saturated carbocycles. The van der Waals surface area contributed by atoms with Crippen molar-refractivity contribution < 1.29 is 5.11 Å². The van der Waals surface area contributed by atoms with Crippen LogP contribution in [0.4, 0.5) is 0 Å². The Balaban J connectivity index is 1.81. The van der Waals surface area contributed by atoms with E-state index in [1.807, 2.05) is 12.1 Å². The van der Waals surface area contributed by atoms with Gasteiger partial charge in [0.1, 0.15) is 5.75 Å². The van der Waals surface area contributed by atoms with Crippen molar-refractivity contribution in [2.45, 2.75) is 71.6 Å². The molecule has 1 nitrogen and oxygen atoms in total. The molecule has 0 bridgehead atoms. The van der Waals surface area contributed by atoms with Crippen LogP contribution in [-0.4, -0.2) is 5.11 Å². The van der Waals surface area contributed by atoms with Crippen LogP contribution in [0.3, 0.4) is 0 Å². The van der Waals surface area contributed by atoms with E-state index in [1.54, 1.807) is 0 Å². The van der Waals surface area contributed by atoms with E-state index in [2.05, 4.69) is 33.8 Å². The predicted octanol–water partition coefficient (Wildman–Crippen LogP) is 5.45. The fourth-order valence-corrected chi connectivity index (χ4v) is 6.96. The third-order valence-electron chi connectivity index (χ3n) is 7.92. The molecule has 0 spiro atoms. The lowest BCUT2D eigenvalue weighted by molar-refractivity contribution is -0.0982. The van der Waals surface area contributed by atoms with Crippen LogP contribution in [-0.2, 0) is 11.8 Å². The van der Waals surface area contributed by atoms with Crippen LogP contribution in [0.2, 0.25) is 0 Å². The van der Waals surface area contributed by atoms with Gasteiger partial charge in [0.15, 0.2) is 0 Å². The Labute approximate surface area is 135 Å². The number of hydrogen-bond donors (Lipinski definition) is 1. The van der Waals surface area contributed by atoms with Crippen LogP contribution in [0.25, 0.3) is 0 Å². The van der Waals surface area contributed by atoms with E-state index < -0.39 is 0 Å². The highest BCUT2D eigenvalue weighted by molar-refractivity contribution is 5.46. The van der Waals surface area contributed by atoms with Crippen molar-refractivity contribution in [1.29, 1.82) is 0 Å². The molecule has 4 rings (SSSR count). The molecule has 1 aromatic carbocycles. The summed E-state index contributed by atoms with van der Waals surface area (Å²) in [7, 11) is 0. The molecule has 0 saturated heterocycles. The lowest BCUT2D eigenvalue weighted by Gasteiger charge is -2.61. The minimum Gasteiger partial charge on any atom is -0.508 e. The molecular weight excluding hydrogens is 268 g/mol. The van der Waals surface area contributed by atoms with Crippen LogP contribution in [0.1, 0.15) is 70.9 Å². The smallest absolute Gasteiger partial charge is 0.115 e. The average Bonchev–Trinajstić information content (AvgIpc) is 2.71. The minimum atomic E-state index is 0.321. The van der Waals surface area contributed by atoms with Crippen LogP contribution < -0.4 is 0 Å². The Bertz CT molecular complexity index is 616. The van der Waals surface area contributed by atoms with Gasteiger partial charge in [-0.1, -0.05) is 40.2 Å². The van der Waals surface area contributed by atoms with Crippen LogP contribution in [0.5, 0.6) is 5.75 Å². The topological polar surface area (TPSA) is 20.2 Å². The number of fused-ring (bicyclic) bond motifs is 5. The summed E-state index contributed by atoms with van der Waals surface area (Å²) in [5, 5.41) is 9.89. The molecular formula is C21H30O. The van der Waals surface area contributed by atoms with Crippen molar-refractivity contribution in [3.8, 4) is 5.75 Å². The van der Waals surface area contributed by atoms with Crippen LogP contribution in [0, 0.1) is 22.7 Å². The first-order valence-corrected chi connectivity index (χ1v) is 9.10. The van der Waals surface area contributed by atoms with Gasteiger partial charge in [0, 0.05) is 0 Å². The molecule has 0 aliphatic heterocycles. The fraction of sp³-hybridized carbons (Fsp3) is 0.714. The van der Waals surface area contributed by atoms with Crippen molar-refractivity contribution in [2.75, 3.05) is 0 Å². The SMILES string of the molecule is CC1(C)CCCC2(C)C3Cc4cc(O)ccc4[C@@]3(C)CC[C@@H]12. The maximum Gasteiger partial charge on any atom is 0.115 e. The predicted molar refractivity (Wildman–Crippen MR) is 91.1 cm³/mol. The molecule has 0 radical (unpaired) electrons. The third-order valence-corrected chi connectivity index (χ3v) is 7.92. The highest BCUT2D eigenvalue weighted by atomic mass is 16.3. The molecule has 3 aliphatic rings. The van der Waals surface area contributed by atoms with E-state index in [9.17, 15) is 5.11 Å². The van der Waals surface area contributed by atoms with E-state index in [4.69, 9.17) is 0 Å². The maximum absolute atomic E-state index is 9.89. The van der Waals surface area contributed by atoms with Gasteiger partial charge in [0.2, 0.25) is 0 Å². The lowest BCUT2D eigenvalue weighted by atomic mass is 9.43. The summed E-state index contributed by atoms with van der Waals surface area (Å²) >= 11 is 0. The van der Waals surface area contributed by atoms with Crippen molar-refractivity contribution in [2.24, 2.45) is 22.7 Å². The van der Waals surface area contributed by atoms with Gasteiger partial charge in [0.25, 0.3) is 0 Å². The molecule has 0 amide bonds.